The van der Waals surface area contributed by atoms with E-state index in [1.54, 1.807) is 28.4 Å². The number of carbonyl (C=O) groups is 1. The lowest BCUT2D eigenvalue weighted by atomic mass is 10.1. The summed E-state index contributed by atoms with van der Waals surface area (Å²) in [6.45, 7) is 2.30. The van der Waals surface area contributed by atoms with Crippen molar-refractivity contribution < 1.29 is 9.53 Å². The van der Waals surface area contributed by atoms with Gasteiger partial charge in [0.15, 0.2) is 0 Å². The van der Waals surface area contributed by atoms with Crippen LogP contribution in [0.25, 0.3) is 5.69 Å². The van der Waals surface area contributed by atoms with Crippen LogP contribution in [-0.4, -0.2) is 31.1 Å². The second-order valence-electron chi connectivity index (χ2n) is 6.01. The number of ether oxygens (including phenoxy) is 1. The minimum atomic E-state index is -0.214. The maximum Gasteiger partial charge on any atom is 0.255 e. The van der Waals surface area contributed by atoms with Gasteiger partial charge in [-0.05, 0) is 59.3 Å². The SMILES string of the molecule is Cc1cc(NC(=O)c2cccc(OCc3cscn3)c2)ccc1-n1cnnn1. The van der Waals surface area contributed by atoms with Crippen LogP contribution in [0.3, 0.4) is 0 Å². The van der Waals surface area contributed by atoms with E-state index >= 15 is 0 Å². The Bertz CT molecular complexity index is 1080. The maximum atomic E-state index is 12.6. The molecule has 0 radical (unpaired) electrons. The molecule has 0 unspecified atom stereocenters. The van der Waals surface area contributed by atoms with E-state index in [2.05, 4.69) is 25.8 Å². The monoisotopic (exact) mass is 392 g/mol. The lowest BCUT2D eigenvalue weighted by Crippen LogP contribution is -2.12. The molecule has 0 fully saturated rings. The minimum Gasteiger partial charge on any atom is -0.487 e. The molecule has 2 aromatic heterocycles. The van der Waals surface area contributed by atoms with E-state index in [9.17, 15) is 4.79 Å². The lowest BCUT2D eigenvalue weighted by molar-refractivity contribution is 0.102. The van der Waals surface area contributed by atoms with E-state index in [-0.39, 0.29) is 5.91 Å². The summed E-state index contributed by atoms with van der Waals surface area (Å²) < 4.78 is 7.28. The molecule has 0 bridgehead atoms. The van der Waals surface area contributed by atoms with Crippen LogP contribution in [0.4, 0.5) is 5.69 Å². The molecule has 0 spiro atoms. The molecule has 1 N–H and O–H groups in total. The molecule has 2 aromatic carbocycles. The Balaban J connectivity index is 1.45. The van der Waals surface area contributed by atoms with Crippen LogP contribution in [-0.2, 0) is 6.61 Å². The van der Waals surface area contributed by atoms with Crippen molar-refractivity contribution in [2.75, 3.05) is 5.32 Å². The Hall–Kier alpha value is -3.59. The Morgan fingerprint density at radius 2 is 2.18 bits per heavy atom. The third-order valence-electron chi connectivity index (χ3n) is 4.02. The van der Waals surface area contributed by atoms with Crippen LogP contribution in [0.1, 0.15) is 21.6 Å². The second-order valence-corrected chi connectivity index (χ2v) is 6.72. The number of rotatable bonds is 6. The molecule has 1 amide bonds. The number of aryl methyl sites for hydroxylation is 1. The van der Waals surface area contributed by atoms with Crippen molar-refractivity contribution in [3.63, 3.8) is 0 Å². The quantitative estimate of drug-likeness (QED) is 0.541. The number of nitrogens with zero attached hydrogens (tertiary/aromatic N) is 5. The van der Waals surface area contributed by atoms with Gasteiger partial charge in [-0.25, -0.2) is 9.67 Å². The standard InChI is InChI=1S/C19H16N6O2S/c1-13-7-15(5-6-18(13)25-11-21-23-24-25)22-19(26)14-3-2-4-17(8-14)27-9-16-10-28-12-20-16/h2-8,10-12H,9H2,1H3,(H,22,26). The zero-order valence-corrected chi connectivity index (χ0v) is 15.8. The smallest absolute Gasteiger partial charge is 0.255 e. The number of hydrogen-bond donors (Lipinski definition) is 1. The molecule has 0 aliphatic carbocycles. The molecule has 8 nitrogen and oxygen atoms in total. The average Bonchev–Trinajstić information content (AvgIpc) is 3.41. The molecular weight excluding hydrogens is 376 g/mol. The summed E-state index contributed by atoms with van der Waals surface area (Å²) in [4.78, 5) is 16.8. The molecule has 28 heavy (non-hydrogen) atoms. The summed E-state index contributed by atoms with van der Waals surface area (Å²) in [5.74, 6) is 0.402. The minimum absolute atomic E-state index is 0.214. The molecular formula is C19H16N6O2S. The number of nitrogens with one attached hydrogen (secondary N) is 1. The van der Waals surface area contributed by atoms with Crippen LogP contribution < -0.4 is 10.1 Å². The average molecular weight is 392 g/mol. The summed E-state index contributed by atoms with van der Waals surface area (Å²) >= 11 is 1.52. The highest BCUT2D eigenvalue weighted by molar-refractivity contribution is 7.07. The summed E-state index contributed by atoms with van der Waals surface area (Å²) in [6, 6.07) is 12.6. The number of aromatic nitrogens is 5. The molecule has 0 atom stereocenters. The van der Waals surface area contributed by atoms with Crippen LogP contribution >= 0.6 is 11.3 Å². The van der Waals surface area contributed by atoms with Crippen molar-refractivity contribution in [2.45, 2.75) is 13.5 Å². The topological polar surface area (TPSA) is 94.8 Å². The molecule has 4 rings (SSSR count). The summed E-state index contributed by atoms with van der Waals surface area (Å²) in [5, 5.41) is 16.0. The first-order chi connectivity index (χ1) is 13.7. The highest BCUT2D eigenvalue weighted by Crippen LogP contribution is 2.20. The molecule has 4 aromatic rings. The molecule has 140 valence electrons. The van der Waals surface area contributed by atoms with Crippen molar-refractivity contribution in [2.24, 2.45) is 0 Å². The van der Waals surface area contributed by atoms with Gasteiger partial charge in [0, 0.05) is 16.6 Å². The van der Waals surface area contributed by atoms with Crippen LogP contribution in [0, 0.1) is 6.92 Å². The van der Waals surface area contributed by atoms with E-state index in [1.807, 2.05) is 36.6 Å². The molecule has 0 saturated carbocycles. The zero-order chi connectivity index (χ0) is 19.3. The van der Waals surface area contributed by atoms with Crippen LogP contribution in [0.15, 0.2) is 59.7 Å². The predicted molar refractivity (Wildman–Crippen MR) is 105 cm³/mol. The second kappa shape index (κ2) is 7.97. The molecule has 0 aliphatic rings. The van der Waals surface area contributed by atoms with Gasteiger partial charge < -0.3 is 10.1 Å². The van der Waals surface area contributed by atoms with Gasteiger partial charge in [-0.2, -0.15) is 0 Å². The van der Waals surface area contributed by atoms with Gasteiger partial charge in [-0.1, -0.05) is 6.07 Å². The van der Waals surface area contributed by atoms with Gasteiger partial charge >= 0.3 is 0 Å². The van der Waals surface area contributed by atoms with Crippen LogP contribution in [0.2, 0.25) is 0 Å². The van der Waals surface area contributed by atoms with E-state index in [0.717, 1.165) is 16.9 Å². The number of thiazole rings is 1. The van der Waals surface area contributed by atoms with Crippen molar-refractivity contribution in [3.05, 3.63) is 76.5 Å². The van der Waals surface area contributed by atoms with Gasteiger partial charge in [0.2, 0.25) is 0 Å². The van der Waals surface area contributed by atoms with E-state index in [0.29, 0.717) is 23.6 Å². The first-order valence-electron chi connectivity index (χ1n) is 8.44. The third-order valence-corrected chi connectivity index (χ3v) is 4.65. The first-order valence-corrected chi connectivity index (χ1v) is 9.38. The fourth-order valence-corrected chi connectivity index (χ4v) is 3.20. The van der Waals surface area contributed by atoms with Gasteiger partial charge in [0.25, 0.3) is 5.91 Å². The molecule has 0 aliphatic heterocycles. The number of amides is 1. The predicted octanol–water partition coefficient (Wildman–Crippen LogP) is 3.26. The van der Waals surface area contributed by atoms with Gasteiger partial charge in [0.1, 0.15) is 18.7 Å². The Kier molecular flexibility index (Phi) is 5.07. The lowest BCUT2D eigenvalue weighted by Gasteiger charge is -2.10. The first kappa shape index (κ1) is 17.8. The summed E-state index contributed by atoms with van der Waals surface area (Å²) in [5.41, 5.74) is 5.60. The van der Waals surface area contributed by atoms with Crippen molar-refractivity contribution in [1.82, 2.24) is 25.2 Å². The maximum absolute atomic E-state index is 12.6. The number of hydrogen-bond acceptors (Lipinski definition) is 7. The number of benzene rings is 2. The third kappa shape index (κ3) is 4.04. The van der Waals surface area contributed by atoms with Crippen molar-refractivity contribution in [3.8, 4) is 11.4 Å². The highest BCUT2D eigenvalue weighted by atomic mass is 32.1. The highest BCUT2D eigenvalue weighted by Gasteiger charge is 2.10. The van der Waals surface area contributed by atoms with Gasteiger partial charge in [-0.15, -0.1) is 16.4 Å². The normalized spacial score (nSPS) is 10.6. The zero-order valence-electron chi connectivity index (χ0n) is 14.9. The van der Waals surface area contributed by atoms with E-state index in [4.69, 9.17) is 4.74 Å². The Labute approximate surface area is 164 Å². The Morgan fingerprint density at radius 3 is 2.93 bits per heavy atom. The van der Waals surface area contributed by atoms with Crippen LogP contribution in [0.5, 0.6) is 5.75 Å². The number of tetrazole rings is 1. The Morgan fingerprint density at radius 1 is 1.25 bits per heavy atom. The molecule has 0 saturated heterocycles. The number of carbonyl (C=O) groups excluding carboxylic acids is 1. The molecule has 9 heteroatoms. The number of anilines is 1. The van der Waals surface area contributed by atoms with E-state index < -0.39 is 0 Å². The van der Waals surface area contributed by atoms with Crippen molar-refractivity contribution in [1.29, 1.82) is 0 Å². The fraction of sp³-hybridized carbons (Fsp3) is 0.105. The van der Waals surface area contributed by atoms with Crippen molar-refractivity contribution >= 4 is 22.9 Å². The van der Waals surface area contributed by atoms with Gasteiger partial charge in [-0.3, -0.25) is 4.79 Å². The summed E-state index contributed by atoms with van der Waals surface area (Å²) in [7, 11) is 0. The fourth-order valence-electron chi connectivity index (χ4n) is 2.66. The van der Waals surface area contributed by atoms with Gasteiger partial charge in [0.05, 0.1) is 16.9 Å². The largest absolute Gasteiger partial charge is 0.487 e. The summed E-state index contributed by atoms with van der Waals surface area (Å²) in [6.07, 6.45) is 1.53. The molecule has 2 heterocycles. The van der Waals surface area contributed by atoms with E-state index in [1.165, 1.54) is 17.7 Å².